The molecule has 1 aromatic heterocycles. The summed E-state index contributed by atoms with van der Waals surface area (Å²) in [6, 6.07) is 22.5. The van der Waals surface area contributed by atoms with Crippen molar-refractivity contribution in [2.24, 2.45) is 0 Å². The van der Waals surface area contributed by atoms with Gasteiger partial charge in [0.15, 0.2) is 0 Å². The number of aryl methyl sites for hydroxylation is 1. The van der Waals surface area contributed by atoms with Gasteiger partial charge in [0, 0.05) is 12.3 Å². The van der Waals surface area contributed by atoms with Crippen molar-refractivity contribution >= 4 is 29.3 Å². The first-order valence-corrected chi connectivity index (χ1v) is 17.1. The summed E-state index contributed by atoms with van der Waals surface area (Å²) in [5.41, 5.74) is 8.50. The maximum atomic E-state index is 14.0. The van der Waals surface area contributed by atoms with E-state index < -0.39 is 29.7 Å². The fourth-order valence-corrected chi connectivity index (χ4v) is 7.54. The summed E-state index contributed by atoms with van der Waals surface area (Å²) in [6.07, 6.45) is -0.726. The number of carbonyl (C=O) groups excluding carboxylic acids is 3. The van der Waals surface area contributed by atoms with E-state index >= 15 is 0 Å². The van der Waals surface area contributed by atoms with Crippen molar-refractivity contribution in [3.05, 3.63) is 101 Å². The first kappa shape index (κ1) is 33.4. The number of rotatable bonds is 9. The van der Waals surface area contributed by atoms with Gasteiger partial charge in [-0.1, -0.05) is 72.8 Å². The SMILES string of the molecule is COC(=O)C[C@H](NC(=O)[C@@H]1C[C@@H](OC(C)(C)C)CN1C(=O)OCC1c2ccccc2-c2ccccc21)c1ccc(-c2scnc2C)cc1. The lowest BCUT2D eigenvalue weighted by Crippen LogP contribution is -2.47. The highest BCUT2D eigenvalue weighted by molar-refractivity contribution is 7.13. The predicted molar refractivity (Wildman–Crippen MR) is 185 cm³/mol. The van der Waals surface area contributed by atoms with Gasteiger partial charge in [0.1, 0.15) is 12.6 Å². The maximum Gasteiger partial charge on any atom is 0.410 e. The Hall–Kier alpha value is -4.54. The van der Waals surface area contributed by atoms with Crippen molar-refractivity contribution in [2.75, 3.05) is 20.3 Å². The summed E-state index contributed by atoms with van der Waals surface area (Å²) >= 11 is 1.55. The molecule has 1 aliphatic carbocycles. The van der Waals surface area contributed by atoms with Crippen molar-refractivity contribution in [1.29, 1.82) is 0 Å². The zero-order chi connectivity index (χ0) is 34.0. The molecule has 0 bridgehead atoms. The van der Waals surface area contributed by atoms with Gasteiger partial charge in [-0.3, -0.25) is 14.5 Å². The molecular formula is C38H41N3O6S. The average molecular weight is 668 g/mol. The van der Waals surface area contributed by atoms with Crippen LogP contribution in [0.3, 0.4) is 0 Å². The number of likely N-dealkylation sites (tertiary alicyclic amines) is 1. The molecule has 0 saturated carbocycles. The number of esters is 1. The summed E-state index contributed by atoms with van der Waals surface area (Å²) in [7, 11) is 1.32. The highest BCUT2D eigenvalue weighted by Gasteiger charge is 2.43. The van der Waals surface area contributed by atoms with E-state index in [2.05, 4.69) is 34.6 Å². The van der Waals surface area contributed by atoms with Crippen LogP contribution in [0.4, 0.5) is 4.79 Å². The number of amides is 2. The number of nitrogens with zero attached hydrogens (tertiary/aromatic N) is 2. The van der Waals surface area contributed by atoms with Gasteiger partial charge < -0.3 is 19.5 Å². The molecule has 0 spiro atoms. The van der Waals surface area contributed by atoms with Crippen LogP contribution in [0.15, 0.2) is 78.3 Å². The molecule has 1 N–H and O–H groups in total. The molecule has 3 atom stereocenters. The Morgan fingerprint density at radius 3 is 2.21 bits per heavy atom. The minimum atomic E-state index is -0.854. The van der Waals surface area contributed by atoms with E-state index in [1.54, 1.807) is 16.8 Å². The molecule has 10 heteroatoms. The van der Waals surface area contributed by atoms with Gasteiger partial charge in [-0.25, -0.2) is 9.78 Å². The largest absolute Gasteiger partial charge is 0.469 e. The van der Waals surface area contributed by atoms with E-state index in [4.69, 9.17) is 14.2 Å². The van der Waals surface area contributed by atoms with Crippen LogP contribution in [-0.4, -0.2) is 65.9 Å². The smallest absolute Gasteiger partial charge is 0.410 e. The molecule has 250 valence electrons. The van der Waals surface area contributed by atoms with E-state index in [-0.39, 0.29) is 37.5 Å². The lowest BCUT2D eigenvalue weighted by atomic mass is 9.98. The standard InChI is InChI=1S/C38H41N3O6S/c1-23-35(48-22-39-23)25-16-14-24(15-17-25)32(19-34(42)45-5)40-36(43)33-18-26(47-38(2,3)4)20-41(33)37(44)46-21-31-29-12-8-6-10-27(29)28-11-7-9-13-30(28)31/h6-17,22,26,31-33H,18-21H2,1-5H3,(H,40,43)/t26-,32+,33+/m1/s1. The number of aromatic nitrogens is 1. The van der Waals surface area contributed by atoms with Crippen LogP contribution < -0.4 is 5.32 Å². The monoisotopic (exact) mass is 667 g/mol. The number of hydrogen-bond acceptors (Lipinski definition) is 8. The van der Waals surface area contributed by atoms with E-state index in [1.807, 2.05) is 76.2 Å². The van der Waals surface area contributed by atoms with E-state index in [0.717, 1.165) is 44.0 Å². The first-order chi connectivity index (χ1) is 23.0. The average Bonchev–Trinajstić information content (AvgIpc) is 3.78. The molecule has 1 fully saturated rings. The van der Waals surface area contributed by atoms with Gasteiger partial charge in [-0.05, 0) is 61.1 Å². The molecule has 0 radical (unpaired) electrons. The topological polar surface area (TPSA) is 107 Å². The van der Waals surface area contributed by atoms with Crippen LogP contribution in [-0.2, 0) is 23.8 Å². The van der Waals surface area contributed by atoms with Crippen LogP contribution in [0.25, 0.3) is 21.6 Å². The Bertz CT molecular complexity index is 1750. The second-order valence-electron chi connectivity index (χ2n) is 13.3. The lowest BCUT2D eigenvalue weighted by Gasteiger charge is -2.26. The second-order valence-corrected chi connectivity index (χ2v) is 14.1. The number of carbonyl (C=O) groups is 3. The van der Waals surface area contributed by atoms with Crippen molar-refractivity contribution in [1.82, 2.24) is 15.2 Å². The molecule has 0 unspecified atom stereocenters. The third-order valence-electron chi connectivity index (χ3n) is 8.89. The van der Waals surface area contributed by atoms with E-state index in [0.29, 0.717) is 6.42 Å². The minimum absolute atomic E-state index is 0.0687. The summed E-state index contributed by atoms with van der Waals surface area (Å²) in [5, 5.41) is 3.04. The van der Waals surface area contributed by atoms with Crippen molar-refractivity contribution in [3.63, 3.8) is 0 Å². The quantitative estimate of drug-likeness (QED) is 0.191. The van der Waals surface area contributed by atoms with Gasteiger partial charge in [0.2, 0.25) is 5.91 Å². The number of benzene rings is 3. The predicted octanol–water partition coefficient (Wildman–Crippen LogP) is 7.05. The van der Waals surface area contributed by atoms with Gasteiger partial charge >= 0.3 is 12.1 Å². The third kappa shape index (κ3) is 7.15. The fourth-order valence-electron chi connectivity index (χ4n) is 6.73. The summed E-state index contributed by atoms with van der Waals surface area (Å²) in [5.74, 6) is -0.963. The number of methoxy groups -OCH3 is 1. The number of ether oxygens (including phenoxy) is 3. The van der Waals surface area contributed by atoms with Crippen LogP contribution in [0.1, 0.15) is 68.0 Å². The Balaban J connectivity index is 1.21. The molecule has 2 heterocycles. The van der Waals surface area contributed by atoms with Crippen molar-refractivity contribution in [2.45, 2.75) is 70.2 Å². The molecule has 48 heavy (non-hydrogen) atoms. The molecular weight excluding hydrogens is 627 g/mol. The molecule has 6 rings (SSSR count). The van der Waals surface area contributed by atoms with Crippen LogP contribution in [0.2, 0.25) is 0 Å². The highest BCUT2D eigenvalue weighted by atomic mass is 32.1. The number of thiazole rings is 1. The second kappa shape index (κ2) is 13.9. The number of nitrogens with one attached hydrogen (secondary N) is 1. The first-order valence-electron chi connectivity index (χ1n) is 16.2. The number of fused-ring (bicyclic) bond motifs is 3. The molecule has 9 nitrogen and oxygen atoms in total. The fraction of sp³-hybridized carbons (Fsp3) is 0.368. The van der Waals surface area contributed by atoms with Crippen molar-refractivity contribution < 1.29 is 28.6 Å². The zero-order valence-corrected chi connectivity index (χ0v) is 28.7. The van der Waals surface area contributed by atoms with Gasteiger partial charge in [-0.2, -0.15) is 0 Å². The van der Waals surface area contributed by atoms with E-state index in [1.165, 1.54) is 12.0 Å². The van der Waals surface area contributed by atoms with Gasteiger partial charge in [0.25, 0.3) is 0 Å². The number of hydrogen-bond donors (Lipinski definition) is 1. The summed E-state index contributed by atoms with van der Waals surface area (Å²) in [4.78, 5) is 47.2. The Morgan fingerprint density at radius 1 is 0.979 bits per heavy atom. The molecule has 1 aliphatic heterocycles. The van der Waals surface area contributed by atoms with E-state index in [9.17, 15) is 14.4 Å². The maximum absolute atomic E-state index is 14.0. The van der Waals surface area contributed by atoms with Crippen LogP contribution in [0, 0.1) is 6.92 Å². The Kier molecular flexibility index (Phi) is 9.66. The molecule has 1 saturated heterocycles. The summed E-state index contributed by atoms with van der Waals surface area (Å²) < 4.78 is 17.2. The normalized spacial score (nSPS) is 17.8. The molecule has 4 aromatic rings. The molecule has 3 aromatic carbocycles. The Morgan fingerprint density at radius 2 is 1.62 bits per heavy atom. The third-order valence-corrected chi connectivity index (χ3v) is 9.87. The molecule has 2 aliphatic rings. The van der Waals surface area contributed by atoms with Crippen molar-refractivity contribution in [3.8, 4) is 21.6 Å². The minimum Gasteiger partial charge on any atom is -0.469 e. The van der Waals surface area contributed by atoms with Crippen LogP contribution >= 0.6 is 11.3 Å². The lowest BCUT2D eigenvalue weighted by molar-refractivity contribution is -0.141. The highest BCUT2D eigenvalue weighted by Crippen LogP contribution is 2.44. The van der Waals surface area contributed by atoms with Gasteiger partial charge in [0.05, 0.1) is 53.9 Å². The van der Waals surface area contributed by atoms with Gasteiger partial charge in [-0.15, -0.1) is 11.3 Å². The van der Waals surface area contributed by atoms with Crippen LogP contribution in [0.5, 0.6) is 0 Å². The molecule has 2 amide bonds. The zero-order valence-electron chi connectivity index (χ0n) is 27.9. The Labute approximate surface area is 285 Å². The summed E-state index contributed by atoms with van der Waals surface area (Å²) in [6.45, 7) is 8.14.